The SMILES string of the molecule is c1ccc2c(c1)oc1c(-c3nc(-c4cccc5sc6ccccc6c45)nc(-n4c5ccccc5c5ccccc54)n3)cncc12. The smallest absolute Gasteiger partial charge is 0.238 e. The second kappa shape index (κ2) is 9.29. The molecule has 0 N–H and O–H groups in total. The average molecular weight is 596 g/mol. The van der Waals surface area contributed by atoms with Crippen LogP contribution in [0.1, 0.15) is 0 Å². The highest BCUT2D eigenvalue weighted by Gasteiger charge is 2.22. The maximum absolute atomic E-state index is 6.42. The summed E-state index contributed by atoms with van der Waals surface area (Å²) in [6.45, 7) is 0. The minimum absolute atomic E-state index is 0.505. The summed E-state index contributed by atoms with van der Waals surface area (Å²) < 4.78 is 11.0. The van der Waals surface area contributed by atoms with Gasteiger partial charge in [0.15, 0.2) is 11.6 Å². The first-order valence-corrected chi connectivity index (χ1v) is 15.5. The lowest BCUT2D eigenvalue weighted by atomic mass is 10.1. The number of hydrogen-bond donors (Lipinski definition) is 0. The van der Waals surface area contributed by atoms with Gasteiger partial charge in [-0.3, -0.25) is 9.55 Å². The van der Waals surface area contributed by atoms with E-state index in [1.807, 2.05) is 24.4 Å². The van der Waals surface area contributed by atoms with Crippen molar-refractivity contribution in [1.82, 2.24) is 24.5 Å². The Balaban J connectivity index is 1.33. The fraction of sp³-hybridized carbons (Fsp3) is 0. The number of pyridine rings is 1. The highest BCUT2D eigenvalue weighted by Crippen LogP contribution is 2.41. The van der Waals surface area contributed by atoms with Crippen LogP contribution in [0.3, 0.4) is 0 Å². The molecule has 10 rings (SSSR count). The van der Waals surface area contributed by atoms with Crippen molar-refractivity contribution < 1.29 is 4.42 Å². The third kappa shape index (κ3) is 3.56. The second-order valence-corrected chi connectivity index (χ2v) is 12.2. The molecule has 0 fully saturated rings. The monoisotopic (exact) mass is 595 g/mol. The van der Waals surface area contributed by atoms with Crippen LogP contribution in [0.2, 0.25) is 0 Å². The van der Waals surface area contributed by atoms with Gasteiger partial charge in [0.1, 0.15) is 11.2 Å². The van der Waals surface area contributed by atoms with E-state index in [0.29, 0.717) is 23.2 Å². The van der Waals surface area contributed by atoms with Crippen LogP contribution in [-0.4, -0.2) is 24.5 Å². The molecule has 6 nitrogen and oxygen atoms in total. The summed E-state index contributed by atoms with van der Waals surface area (Å²) in [4.78, 5) is 20.2. The molecule has 210 valence electrons. The van der Waals surface area contributed by atoms with Crippen LogP contribution >= 0.6 is 11.3 Å². The van der Waals surface area contributed by atoms with Gasteiger partial charge in [-0.25, -0.2) is 4.98 Å². The lowest BCUT2D eigenvalue weighted by Gasteiger charge is -2.11. The summed E-state index contributed by atoms with van der Waals surface area (Å²) in [6.07, 6.45) is 3.64. The van der Waals surface area contributed by atoms with E-state index in [4.69, 9.17) is 19.4 Å². The topological polar surface area (TPSA) is 69.6 Å². The molecule has 0 aliphatic heterocycles. The van der Waals surface area contributed by atoms with E-state index in [1.54, 1.807) is 17.5 Å². The van der Waals surface area contributed by atoms with Gasteiger partial charge in [-0.1, -0.05) is 84.9 Å². The van der Waals surface area contributed by atoms with Crippen LogP contribution < -0.4 is 0 Å². The van der Waals surface area contributed by atoms with Gasteiger partial charge in [0.2, 0.25) is 5.95 Å². The summed E-state index contributed by atoms with van der Waals surface area (Å²) in [5, 5.41) is 6.55. The number of rotatable bonds is 3. The summed E-state index contributed by atoms with van der Waals surface area (Å²) in [7, 11) is 0. The van der Waals surface area contributed by atoms with Crippen LogP contribution in [0, 0.1) is 0 Å². The van der Waals surface area contributed by atoms with Gasteiger partial charge >= 0.3 is 0 Å². The quantitative estimate of drug-likeness (QED) is 0.203. The summed E-state index contributed by atoms with van der Waals surface area (Å²) in [5.74, 6) is 1.64. The largest absolute Gasteiger partial charge is 0.455 e. The van der Waals surface area contributed by atoms with Crippen LogP contribution in [0.25, 0.3) is 92.6 Å². The van der Waals surface area contributed by atoms with Gasteiger partial charge in [-0.05, 0) is 30.3 Å². The minimum Gasteiger partial charge on any atom is -0.455 e. The zero-order valence-corrected chi connectivity index (χ0v) is 24.5. The Labute approximate surface area is 259 Å². The van der Waals surface area contributed by atoms with Gasteiger partial charge in [0, 0.05) is 59.7 Å². The first kappa shape index (κ1) is 24.5. The zero-order valence-electron chi connectivity index (χ0n) is 23.7. The zero-order chi connectivity index (χ0) is 29.5. The molecule has 0 unspecified atom stereocenters. The number of fused-ring (bicyclic) bond motifs is 9. The van der Waals surface area contributed by atoms with E-state index < -0.39 is 0 Å². The maximum Gasteiger partial charge on any atom is 0.238 e. The number of hydrogen-bond acceptors (Lipinski definition) is 6. The third-order valence-corrected chi connectivity index (χ3v) is 9.71. The van der Waals surface area contributed by atoms with Gasteiger partial charge in [-0.2, -0.15) is 9.97 Å². The molecule has 0 spiro atoms. The predicted molar refractivity (Wildman–Crippen MR) is 183 cm³/mol. The van der Waals surface area contributed by atoms with Crippen molar-refractivity contribution in [3.63, 3.8) is 0 Å². The summed E-state index contributed by atoms with van der Waals surface area (Å²) in [5.41, 5.74) is 5.24. The average Bonchev–Trinajstić information content (AvgIpc) is 3.77. The van der Waals surface area contributed by atoms with Crippen molar-refractivity contribution >= 4 is 75.3 Å². The molecule has 0 saturated heterocycles. The number of furan rings is 1. The number of para-hydroxylation sites is 3. The van der Waals surface area contributed by atoms with Crippen molar-refractivity contribution in [3.05, 3.63) is 128 Å². The molecule has 10 aromatic rings. The predicted octanol–water partition coefficient (Wildman–Crippen LogP) is 9.96. The highest BCUT2D eigenvalue weighted by atomic mass is 32.1. The fourth-order valence-electron chi connectivity index (χ4n) is 6.60. The second-order valence-electron chi connectivity index (χ2n) is 11.1. The van der Waals surface area contributed by atoms with Gasteiger partial charge in [0.25, 0.3) is 0 Å². The van der Waals surface area contributed by atoms with Crippen molar-refractivity contribution in [2.75, 3.05) is 0 Å². The van der Waals surface area contributed by atoms with Crippen LogP contribution in [0.5, 0.6) is 0 Å². The molecule has 0 radical (unpaired) electrons. The van der Waals surface area contributed by atoms with E-state index in [-0.39, 0.29) is 0 Å². The highest BCUT2D eigenvalue weighted by molar-refractivity contribution is 7.25. The third-order valence-electron chi connectivity index (χ3n) is 8.57. The Morgan fingerprint density at radius 1 is 0.511 bits per heavy atom. The van der Waals surface area contributed by atoms with Gasteiger partial charge < -0.3 is 4.42 Å². The van der Waals surface area contributed by atoms with Crippen LogP contribution in [-0.2, 0) is 0 Å². The van der Waals surface area contributed by atoms with Crippen molar-refractivity contribution in [3.8, 4) is 28.7 Å². The van der Waals surface area contributed by atoms with Gasteiger partial charge in [0.05, 0.1) is 16.6 Å². The normalized spacial score (nSPS) is 12.0. The van der Waals surface area contributed by atoms with Crippen molar-refractivity contribution in [2.24, 2.45) is 0 Å². The molecule has 0 saturated carbocycles. The number of thiophene rings is 1. The number of nitrogens with zero attached hydrogens (tertiary/aromatic N) is 5. The Morgan fingerprint density at radius 2 is 1.16 bits per heavy atom. The number of aromatic nitrogens is 5. The van der Waals surface area contributed by atoms with E-state index in [1.165, 1.54) is 14.8 Å². The molecule has 5 aromatic carbocycles. The van der Waals surface area contributed by atoms with E-state index in [0.717, 1.165) is 54.7 Å². The number of benzene rings is 5. The minimum atomic E-state index is 0.505. The Hall–Kier alpha value is -5.92. The molecule has 0 amide bonds. The summed E-state index contributed by atoms with van der Waals surface area (Å²) in [6, 6.07) is 39.7. The molecular weight excluding hydrogens is 575 g/mol. The molecule has 0 aliphatic rings. The van der Waals surface area contributed by atoms with Crippen molar-refractivity contribution in [2.45, 2.75) is 0 Å². The Morgan fingerprint density at radius 3 is 1.96 bits per heavy atom. The molecule has 5 heterocycles. The van der Waals surface area contributed by atoms with Gasteiger partial charge in [-0.15, -0.1) is 11.3 Å². The lowest BCUT2D eigenvalue weighted by Crippen LogP contribution is -2.06. The van der Waals surface area contributed by atoms with Crippen molar-refractivity contribution in [1.29, 1.82) is 0 Å². The maximum atomic E-state index is 6.42. The molecule has 45 heavy (non-hydrogen) atoms. The molecular formula is C38H21N5OS. The first-order chi connectivity index (χ1) is 22.3. The van der Waals surface area contributed by atoms with Crippen LogP contribution in [0.4, 0.5) is 0 Å². The lowest BCUT2D eigenvalue weighted by molar-refractivity contribution is 0.669. The molecule has 5 aromatic heterocycles. The Bertz CT molecular complexity index is 2740. The van der Waals surface area contributed by atoms with E-state index >= 15 is 0 Å². The standard InChI is InChI=1S/C38H21N5OS/c1-5-15-29-22(10-1)23-11-2-6-16-30(23)43(29)38-41-36(26-14-9-19-33-34(26)25-13-4-8-18-32(25)45-33)40-37(42-38)28-21-39-20-27-24-12-3-7-17-31(24)44-35(27)28/h1-21H. The Kier molecular flexibility index (Phi) is 5.06. The van der Waals surface area contributed by atoms with E-state index in [2.05, 4.69) is 107 Å². The fourth-order valence-corrected chi connectivity index (χ4v) is 7.73. The molecule has 0 atom stereocenters. The molecule has 0 bridgehead atoms. The van der Waals surface area contributed by atoms with Crippen LogP contribution in [0.15, 0.2) is 132 Å². The van der Waals surface area contributed by atoms with E-state index in [9.17, 15) is 0 Å². The molecule has 0 aliphatic carbocycles. The molecule has 7 heteroatoms. The summed E-state index contributed by atoms with van der Waals surface area (Å²) >= 11 is 1.78. The first-order valence-electron chi connectivity index (χ1n) is 14.7.